The highest BCUT2D eigenvalue weighted by Gasteiger charge is 2.09. The molecule has 0 radical (unpaired) electrons. The number of aryl methyl sites for hydroxylation is 1. The first-order valence-corrected chi connectivity index (χ1v) is 5.94. The molecule has 2 nitrogen and oxygen atoms in total. The summed E-state index contributed by atoms with van der Waals surface area (Å²) < 4.78 is 13.1. The molecule has 0 unspecified atom stereocenters. The zero-order valence-corrected chi connectivity index (χ0v) is 11.0. The monoisotopic (exact) mass is 258 g/mol. The van der Waals surface area contributed by atoms with Crippen LogP contribution in [0.15, 0.2) is 18.2 Å². The quantitative estimate of drug-likeness (QED) is 0.876. The molecule has 0 bridgehead atoms. The molecule has 1 aromatic carbocycles. The van der Waals surface area contributed by atoms with Crippen molar-refractivity contribution >= 4 is 12.4 Å². The van der Waals surface area contributed by atoms with Gasteiger partial charge in [-0.3, -0.25) is 4.90 Å². The lowest BCUT2D eigenvalue weighted by Gasteiger charge is -2.19. The van der Waals surface area contributed by atoms with Gasteiger partial charge in [-0.25, -0.2) is 4.39 Å². The van der Waals surface area contributed by atoms with Crippen molar-refractivity contribution in [2.24, 2.45) is 0 Å². The summed E-state index contributed by atoms with van der Waals surface area (Å²) >= 11 is 0. The van der Waals surface area contributed by atoms with Gasteiger partial charge in [-0.05, 0) is 43.6 Å². The molecule has 96 valence electrons. The van der Waals surface area contributed by atoms with Crippen molar-refractivity contribution in [3.63, 3.8) is 0 Å². The minimum Gasteiger partial charge on any atom is -0.315 e. The second kappa shape index (κ2) is 6.94. The van der Waals surface area contributed by atoms with Gasteiger partial charge < -0.3 is 5.32 Å². The highest BCUT2D eigenvalue weighted by atomic mass is 35.5. The molecule has 4 heteroatoms. The minimum atomic E-state index is -0.110. The molecule has 0 atom stereocenters. The van der Waals surface area contributed by atoms with E-state index >= 15 is 0 Å². The van der Waals surface area contributed by atoms with Crippen molar-refractivity contribution in [3.8, 4) is 0 Å². The maximum atomic E-state index is 13.1. The lowest BCUT2D eigenvalue weighted by atomic mass is 10.1. The van der Waals surface area contributed by atoms with Crippen molar-refractivity contribution in [2.75, 3.05) is 26.2 Å². The Labute approximate surface area is 109 Å². The average molecular weight is 259 g/mol. The highest BCUT2D eigenvalue weighted by molar-refractivity contribution is 5.85. The molecule has 1 heterocycles. The Morgan fingerprint density at radius 3 is 2.88 bits per heavy atom. The van der Waals surface area contributed by atoms with Crippen molar-refractivity contribution in [3.05, 3.63) is 35.1 Å². The number of hydrogen-bond acceptors (Lipinski definition) is 2. The number of nitrogens with zero attached hydrogens (tertiary/aromatic N) is 1. The Balaban J connectivity index is 0.00000144. The average Bonchev–Trinajstić information content (AvgIpc) is 2.52. The molecule has 1 N–H and O–H groups in total. The summed E-state index contributed by atoms with van der Waals surface area (Å²) in [6.45, 7) is 7.13. The molecule has 1 aliphatic heterocycles. The molecule has 1 saturated heterocycles. The van der Waals surface area contributed by atoms with E-state index in [0.717, 1.165) is 38.3 Å². The molecule has 0 saturated carbocycles. The summed E-state index contributed by atoms with van der Waals surface area (Å²) in [5.41, 5.74) is 1.95. The number of hydrogen-bond donors (Lipinski definition) is 1. The van der Waals surface area contributed by atoms with Gasteiger partial charge in [-0.2, -0.15) is 0 Å². The van der Waals surface area contributed by atoms with E-state index in [0.29, 0.717) is 0 Å². The Kier molecular flexibility index (Phi) is 5.89. The van der Waals surface area contributed by atoms with E-state index in [1.165, 1.54) is 12.0 Å². The summed E-state index contributed by atoms with van der Waals surface area (Å²) in [6, 6.07) is 5.41. The van der Waals surface area contributed by atoms with Crippen molar-refractivity contribution < 1.29 is 4.39 Å². The fourth-order valence-corrected chi connectivity index (χ4v) is 2.12. The fraction of sp³-hybridized carbons (Fsp3) is 0.538. The third-order valence-electron chi connectivity index (χ3n) is 3.06. The van der Waals surface area contributed by atoms with Gasteiger partial charge in [0.2, 0.25) is 0 Å². The summed E-state index contributed by atoms with van der Waals surface area (Å²) in [5.74, 6) is -0.110. The van der Waals surface area contributed by atoms with E-state index in [9.17, 15) is 4.39 Å². The first kappa shape index (κ1) is 14.4. The normalized spacial score (nSPS) is 17.3. The van der Waals surface area contributed by atoms with Crippen LogP contribution in [-0.2, 0) is 6.54 Å². The largest absolute Gasteiger partial charge is 0.315 e. The van der Waals surface area contributed by atoms with Gasteiger partial charge >= 0.3 is 0 Å². The first-order valence-electron chi connectivity index (χ1n) is 5.94. The molecular formula is C13H20ClFN2. The van der Waals surface area contributed by atoms with E-state index in [2.05, 4.69) is 10.2 Å². The van der Waals surface area contributed by atoms with Crippen LogP contribution in [0.1, 0.15) is 17.5 Å². The lowest BCUT2D eigenvalue weighted by Crippen LogP contribution is -2.27. The van der Waals surface area contributed by atoms with E-state index in [1.54, 1.807) is 6.07 Å². The van der Waals surface area contributed by atoms with Crippen LogP contribution in [0.4, 0.5) is 4.39 Å². The third-order valence-corrected chi connectivity index (χ3v) is 3.06. The number of halogens is 2. The molecule has 1 aliphatic rings. The second-order valence-electron chi connectivity index (χ2n) is 4.46. The van der Waals surface area contributed by atoms with E-state index in [1.807, 2.05) is 19.1 Å². The SMILES string of the molecule is Cc1cc(CN2CCCNCC2)ccc1F.Cl. The first-order chi connectivity index (χ1) is 7.75. The minimum absolute atomic E-state index is 0. The smallest absolute Gasteiger partial charge is 0.126 e. The Hall–Kier alpha value is -0.640. The molecule has 1 aromatic rings. The summed E-state index contributed by atoms with van der Waals surface area (Å²) in [7, 11) is 0. The number of rotatable bonds is 2. The molecule has 17 heavy (non-hydrogen) atoms. The van der Waals surface area contributed by atoms with Gasteiger partial charge in [0.1, 0.15) is 5.82 Å². The van der Waals surface area contributed by atoms with Crippen molar-refractivity contribution in [2.45, 2.75) is 19.9 Å². The summed E-state index contributed by atoms with van der Waals surface area (Å²) in [4.78, 5) is 2.42. The van der Waals surface area contributed by atoms with E-state index in [-0.39, 0.29) is 18.2 Å². The van der Waals surface area contributed by atoms with Crippen LogP contribution in [0.5, 0.6) is 0 Å². The standard InChI is InChI=1S/C13H19FN2.ClH/c1-11-9-12(3-4-13(11)14)10-16-7-2-5-15-6-8-16;/h3-4,9,15H,2,5-8,10H2,1H3;1H. The van der Waals surface area contributed by atoms with Crippen LogP contribution in [0.3, 0.4) is 0 Å². The highest BCUT2D eigenvalue weighted by Crippen LogP contribution is 2.12. The molecule has 0 aliphatic carbocycles. The van der Waals surface area contributed by atoms with Crippen molar-refractivity contribution in [1.29, 1.82) is 0 Å². The number of nitrogens with one attached hydrogen (secondary N) is 1. The van der Waals surface area contributed by atoms with Crippen LogP contribution in [-0.4, -0.2) is 31.1 Å². The van der Waals surface area contributed by atoms with Crippen LogP contribution >= 0.6 is 12.4 Å². The van der Waals surface area contributed by atoms with Gasteiger partial charge in [-0.1, -0.05) is 12.1 Å². The fourth-order valence-electron chi connectivity index (χ4n) is 2.12. The van der Waals surface area contributed by atoms with Gasteiger partial charge in [0.25, 0.3) is 0 Å². The lowest BCUT2D eigenvalue weighted by molar-refractivity contribution is 0.284. The molecule has 1 fully saturated rings. The molecule has 0 amide bonds. The van der Waals surface area contributed by atoms with Gasteiger partial charge in [0.05, 0.1) is 0 Å². The zero-order valence-electron chi connectivity index (χ0n) is 10.2. The van der Waals surface area contributed by atoms with E-state index in [4.69, 9.17) is 0 Å². The Bertz CT molecular complexity index is 349. The summed E-state index contributed by atoms with van der Waals surface area (Å²) in [5, 5.41) is 3.38. The van der Waals surface area contributed by atoms with Gasteiger partial charge in [0, 0.05) is 19.6 Å². The molecule has 2 rings (SSSR count). The number of benzene rings is 1. The van der Waals surface area contributed by atoms with Crippen LogP contribution < -0.4 is 5.32 Å². The molecule has 0 spiro atoms. The predicted molar refractivity (Wildman–Crippen MR) is 71.1 cm³/mol. The Morgan fingerprint density at radius 2 is 2.12 bits per heavy atom. The van der Waals surface area contributed by atoms with Crippen molar-refractivity contribution in [1.82, 2.24) is 10.2 Å². The molecular weight excluding hydrogens is 239 g/mol. The second-order valence-corrected chi connectivity index (χ2v) is 4.46. The van der Waals surface area contributed by atoms with Crippen LogP contribution in [0.25, 0.3) is 0 Å². The maximum Gasteiger partial charge on any atom is 0.126 e. The zero-order chi connectivity index (χ0) is 11.4. The summed E-state index contributed by atoms with van der Waals surface area (Å²) in [6.07, 6.45) is 1.19. The van der Waals surface area contributed by atoms with Crippen LogP contribution in [0.2, 0.25) is 0 Å². The van der Waals surface area contributed by atoms with E-state index < -0.39 is 0 Å². The Morgan fingerprint density at radius 1 is 1.29 bits per heavy atom. The van der Waals surface area contributed by atoms with Crippen LogP contribution in [0, 0.1) is 12.7 Å². The predicted octanol–water partition coefficient (Wildman–Crippen LogP) is 2.35. The third kappa shape index (κ3) is 4.26. The molecule has 0 aromatic heterocycles. The van der Waals surface area contributed by atoms with Gasteiger partial charge in [0.15, 0.2) is 0 Å². The topological polar surface area (TPSA) is 15.3 Å². The van der Waals surface area contributed by atoms with Gasteiger partial charge in [-0.15, -0.1) is 12.4 Å². The maximum absolute atomic E-state index is 13.1.